The summed E-state index contributed by atoms with van der Waals surface area (Å²) in [6.45, 7) is 1.98. The van der Waals surface area contributed by atoms with Crippen molar-refractivity contribution in [1.29, 1.82) is 0 Å². The zero-order valence-electron chi connectivity index (χ0n) is 13.1. The lowest BCUT2D eigenvalue weighted by molar-refractivity contribution is -0.235. The number of carbonyl (C=O) groups is 1. The standard InChI is InChI=1S/C15H19ClF3N3O/c1-9-11(16)12(20-21(9)2)13(23)22-7-4-10(15(17,18)19)14(8-22)5-3-6-14/h10H,3-8H2,1-2H3. The fourth-order valence-corrected chi connectivity index (χ4v) is 4.09. The Morgan fingerprint density at radius 2 is 2.04 bits per heavy atom. The van der Waals surface area contributed by atoms with Gasteiger partial charge >= 0.3 is 6.18 Å². The van der Waals surface area contributed by atoms with E-state index >= 15 is 0 Å². The molecule has 0 N–H and O–H groups in total. The maximum atomic E-state index is 13.3. The molecular weight excluding hydrogens is 331 g/mol. The second-order valence-electron chi connectivity index (χ2n) is 6.70. The van der Waals surface area contributed by atoms with Crippen molar-refractivity contribution >= 4 is 17.5 Å². The SMILES string of the molecule is Cc1c(Cl)c(C(=O)N2CCC(C(F)(F)F)C3(CCC3)C2)nn1C. The first-order chi connectivity index (χ1) is 10.7. The Morgan fingerprint density at radius 3 is 2.48 bits per heavy atom. The minimum absolute atomic E-state index is 0.0430. The number of hydrogen-bond acceptors (Lipinski definition) is 2. The number of alkyl halides is 3. The Labute approximate surface area is 137 Å². The summed E-state index contributed by atoms with van der Waals surface area (Å²) in [4.78, 5) is 14.1. The molecule has 23 heavy (non-hydrogen) atoms. The van der Waals surface area contributed by atoms with Crippen molar-refractivity contribution in [2.75, 3.05) is 13.1 Å². The van der Waals surface area contributed by atoms with Crippen LogP contribution in [0.5, 0.6) is 0 Å². The Morgan fingerprint density at radius 1 is 1.39 bits per heavy atom. The lowest BCUT2D eigenvalue weighted by Gasteiger charge is -2.54. The molecule has 4 nitrogen and oxygen atoms in total. The number of aryl methyl sites for hydroxylation is 1. The number of amides is 1. The van der Waals surface area contributed by atoms with Crippen molar-refractivity contribution < 1.29 is 18.0 Å². The molecular formula is C15H19ClF3N3O. The molecule has 3 rings (SSSR count). The third kappa shape index (κ3) is 2.62. The smallest absolute Gasteiger partial charge is 0.337 e. The maximum absolute atomic E-state index is 13.3. The molecule has 0 aromatic carbocycles. The zero-order valence-corrected chi connectivity index (χ0v) is 13.8. The van der Waals surface area contributed by atoms with E-state index in [-0.39, 0.29) is 36.1 Å². The quantitative estimate of drug-likeness (QED) is 0.777. The van der Waals surface area contributed by atoms with Gasteiger partial charge in [-0.2, -0.15) is 18.3 Å². The minimum atomic E-state index is -4.20. The number of rotatable bonds is 1. The molecule has 1 atom stereocenters. The molecule has 2 fully saturated rings. The van der Waals surface area contributed by atoms with Crippen molar-refractivity contribution in [3.05, 3.63) is 16.4 Å². The highest BCUT2D eigenvalue weighted by atomic mass is 35.5. The second-order valence-corrected chi connectivity index (χ2v) is 7.08. The topological polar surface area (TPSA) is 38.1 Å². The number of halogens is 4. The van der Waals surface area contributed by atoms with Gasteiger partial charge < -0.3 is 4.90 Å². The summed E-state index contributed by atoms with van der Waals surface area (Å²) in [6.07, 6.45) is -2.41. The predicted molar refractivity (Wildman–Crippen MR) is 79.3 cm³/mol. The Balaban J connectivity index is 1.83. The fourth-order valence-electron chi connectivity index (χ4n) is 3.85. The predicted octanol–water partition coefficient (Wildman–Crippen LogP) is 3.58. The van der Waals surface area contributed by atoms with Crippen LogP contribution in [0.15, 0.2) is 0 Å². The van der Waals surface area contributed by atoms with Crippen LogP contribution < -0.4 is 0 Å². The molecule has 1 unspecified atom stereocenters. The molecule has 2 heterocycles. The van der Waals surface area contributed by atoms with E-state index in [0.29, 0.717) is 18.5 Å². The van der Waals surface area contributed by atoms with E-state index in [4.69, 9.17) is 11.6 Å². The van der Waals surface area contributed by atoms with E-state index in [1.807, 2.05) is 0 Å². The molecule has 1 amide bonds. The van der Waals surface area contributed by atoms with Gasteiger partial charge in [-0.25, -0.2) is 0 Å². The van der Waals surface area contributed by atoms with Gasteiger partial charge in [-0.05, 0) is 31.6 Å². The van der Waals surface area contributed by atoms with Gasteiger partial charge in [0, 0.05) is 20.1 Å². The van der Waals surface area contributed by atoms with Crippen molar-refractivity contribution in [2.24, 2.45) is 18.4 Å². The van der Waals surface area contributed by atoms with Crippen molar-refractivity contribution in [3.8, 4) is 0 Å². The van der Waals surface area contributed by atoms with Gasteiger partial charge in [0.1, 0.15) is 0 Å². The fraction of sp³-hybridized carbons (Fsp3) is 0.733. The van der Waals surface area contributed by atoms with E-state index in [2.05, 4.69) is 5.10 Å². The first-order valence-electron chi connectivity index (χ1n) is 7.71. The van der Waals surface area contributed by atoms with Gasteiger partial charge in [-0.3, -0.25) is 9.48 Å². The summed E-state index contributed by atoms with van der Waals surface area (Å²) in [5, 5.41) is 4.39. The van der Waals surface area contributed by atoms with Gasteiger partial charge in [0.25, 0.3) is 5.91 Å². The molecule has 1 spiro atoms. The Hall–Kier alpha value is -1.24. The first-order valence-corrected chi connectivity index (χ1v) is 8.08. The maximum Gasteiger partial charge on any atom is 0.392 e. The summed E-state index contributed by atoms with van der Waals surface area (Å²) >= 11 is 6.14. The minimum Gasteiger partial charge on any atom is -0.337 e. The van der Waals surface area contributed by atoms with Crippen LogP contribution in [-0.2, 0) is 7.05 Å². The van der Waals surface area contributed by atoms with Gasteiger partial charge in [0.15, 0.2) is 5.69 Å². The van der Waals surface area contributed by atoms with Crippen LogP contribution in [0.4, 0.5) is 13.2 Å². The van der Waals surface area contributed by atoms with Crippen LogP contribution in [0.3, 0.4) is 0 Å². The monoisotopic (exact) mass is 349 g/mol. The van der Waals surface area contributed by atoms with Crippen LogP contribution in [0, 0.1) is 18.3 Å². The van der Waals surface area contributed by atoms with Gasteiger partial charge in [-0.15, -0.1) is 0 Å². The molecule has 2 aliphatic rings. The normalized spacial score (nSPS) is 23.9. The number of likely N-dealkylation sites (tertiary alicyclic amines) is 1. The average molecular weight is 350 g/mol. The van der Waals surface area contributed by atoms with Gasteiger partial charge in [0.05, 0.1) is 16.6 Å². The summed E-state index contributed by atoms with van der Waals surface area (Å²) in [7, 11) is 1.68. The molecule has 1 saturated heterocycles. The van der Waals surface area contributed by atoms with Gasteiger partial charge in [-0.1, -0.05) is 18.0 Å². The highest BCUT2D eigenvalue weighted by molar-refractivity contribution is 6.34. The largest absolute Gasteiger partial charge is 0.392 e. The van der Waals surface area contributed by atoms with Crippen LogP contribution in [-0.4, -0.2) is 39.9 Å². The summed E-state index contributed by atoms with van der Waals surface area (Å²) < 4.78 is 41.4. The van der Waals surface area contributed by atoms with Crippen molar-refractivity contribution in [3.63, 3.8) is 0 Å². The van der Waals surface area contributed by atoms with Crippen molar-refractivity contribution in [1.82, 2.24) is 14.7 Å². The van der Waals surface area contributed by atoms with E-state index in [1.54, 1.807) is 14.0 Å². The highest BCUT2D eigenvalue weighted by Gasteiger charge is 2.58. The number of piperidine rings is 1. The Kier molecular flexibility index (Phi) is 3.90. The molecule has 0 bridgehead atoms. The highest BCUT2D eigenvalue weighted by Crippen LogP contribution is 2.56. The van der Waals surface area contributed by atoms with E-state index < -0.39 is 17.5 Å². The third-order valence-electron chi connectivity index (χ3n) is 5.43. The summed E-state index contributed by atoms with van der Waals surface area (Å²) in [5.74, 6) is -1.68. The van der Waals surface area contributed by atoms with Crippen LogP contribution in [0.2, 0.25) is 5.02 Å². The second kappa shape index (κ2) is 5.40. The number of carbonyl (C=O) groups excluding carboxylic acids is 1. The van der Waals surface area contributed by atoms with Crippen molar-refractivity contribution in [2.45, 2.75) is 38.8 Å². The van der Waals surface area contributed by atoms with Gasteiger partial charge in [0.2, 0.25) is 0 Å². The van der Waals surface area contributed by atoms with E-state index in [0.717, 1.165) is 6.42 Å². The first kappa shape index (κ1) is 16.6. The molecule has 1 aliphatic carbocycles. The molecule has 128 valence electrons. The Bertz CT molecular complexity index is 637. The summed E-state index contributed by atoms with van der Waals surface area (Å²) in [5.41, 5.74) is -0.0206. The average Bonchev–Trinajstić information content (AvgIpc) is 2.71. The molecule has 8 heteroatoms. The summed E-state index contributed by atoms with van der Waals surface area (Å²) in [6, 6.07) is 0. The molecule has 0 radical (unpaired) electrons. The number of hydrogen-bond donors (Lipinski definition) is 0. The zero-order chi connectivity index (χ0) is 17.0. The van der Waals surface area contributed by atoms with Crippen LogP contribution in [0.25, 0.3) is 0 Å². The number of aromatic nitrogens is 2. The van der Waals surface area contributed by atoms with E-state index in [1.165, 1.54) is 9.58 Å². The molecule has 1 aromatic rings. The molecule has 1 aromatic heterocycles. The number of nitrogens with zero attached hydrogens (tertiary/aromatic N) is 3. The lowest BCUT2D eigenvalue weighted by atomic mass is 9.58. The van der Waals surface area contributed by atoms with Crippen LogP contribution in [0.1, 0.15) is 41.9 Å². The third-order valence-corrected chi connectivity index (χ3v) is 5.88. The molecule has 1 aliphatic heterocycles. The lowest BCUT2D eigenvalue weighted by Crippen LogP contribution is -2.57. The van der Waals surface area contributed by atoms with E-state index in [9.17, 15) is 18.0 Å². The molecule has 1 saturated carbocycles. The van der Waals surface area contributed by atoms with Crippen LogP contribution >= 0.6 is 11.6 Å².